The molecule has 1 rings (SSSR count). The Kier molecular flexibility index (Phi) is 5.69. The summed E-state index contributed by atoms with van der Waals surface area (Å²) in [6, 6.07) is 3.40. The Hall–Kier alpha value is -1.69. The van der Waals surface area contributed by atoms with Crippen molar-refractivity contribution < 1.29 is 19.1 Å². The quantitative estimate of drug-likeness (QED) is 0.816. The van der Waals surface area contributed by atoms with Gasteiger partial charge in [-0.2, -0.15) is 0 Å². The number of carbonyl (C=O) groups excluding carboxylic acids is 1. The number of hydrogen-bond donors (Lipinski definition) is 2. The zero-order chi connectivity index (χ0) is 14.4. The first-order valence-electron chi connectivity index (χ1n) is 5.60. The summed E-state index contributed by atoms with van der Waals surface area (Å²) < 4.78 is 14.1. The molecule has 0 spiro atoms. The van der Waals surface area contributed by atoms with Crippen LogP contribution in [0.15, 0.2) is 28.7 Å². The summed E-state index contributed by atoms with van der Waals surface area (Å²) >= 11 is 3.20. The SMILES string of the molecule is CC[C@@H](NC(=O)C=Cc1cc(Br)ccc1F)C(=O)O. The molecule has 0 heterocycles. The molecule has 0 fully saturated rings. The highest BCUT2D eigenvalue weighted by molar-refractivity contribution is 9.10. The van der Waals surface area contributed by atoms with Crippen LogP contribution in [0.4, 0.5) is 4.39 Å². The van der Waals surface area contributed by atoms with Gasteiger partial charge in [-0.05, 0) is 30.7 Å². The number of aliphatic carboxylic acids is 1. The predicted octanol–water partition coefficient (Wildman–Crippen LogP) is 2.58. The van der Waals surface area contributed by atoms with E-state index in [4.69, 9.17) is 5.11 Å². The average Bonchev–Trinajstić information content (AvgIpc) is 2.36. The van der Waals surface area contributed by atoms with Gasteiger partial charge in [0.05, 0.1) is 0 Å². The highest BCUT2D eigenvalue weighted by Gasteiger charge is 2.15. The molecule has 0 saturated carbocycles. The molecule has 0 aliphatic carbocycles. The fraction of sp³-hybridized carbons (Fsp3) is 0.231. The van der Waals surface area contributed by atoms with E-state index in [-0.39, 0.29) is 12.0 Å². The number of carboxylic acids is 1. The Morgan fingerprint density at radius 3 is 2.79 bits per heavy atom. The van der Waals surface area contributed by atoms with Crippen LogP contribution >= 0.6 is 15.9 Å². The molecule has 19 heavy (non-hydrogen) atoms. The van der Waals surface area contributed by atoms with Gasteiger partial charge < -0.3 is 10.4 Å². The Bertz CT molecular complexity index is 517. The lowest BCUT2D eigenvalue weighted by atomic mass is 10.2. The molecule has 0 aliphatic rings. The van der Waals surface area contributed by atoms with E-state index >= 15 is 0 Å². The van der Waals surface area contributed by atoms with Crippen LogP contribution in [-0.4, -0.2) is 23.0 Å². The number of carboxylic acid groups (broad SMARTS) is 1. The zero-order valence-electron chi connectivity index (χ0n) is 10.2. The number of nitrogens with one attached hydrogen (secondary N) is 1. The molecule has 0 aromatic heterocycles. The summed E-state index contributed by atoms with van der Waals surface area (Å²) in [6.07, 6.45) is 2.68. The molecule has 0 radical (unpaired) electrons. The standard InChI is InChI=1S/C13H13BrFNO3/c1-2-11(13(18)19)16-12(17)6-3-8-7-9(14)4-5-10(8)15/h3-7,11H,2H2,1H3,(H,16,17)(H,18,19)/t11-/m1/s1. The third-order valence-electron chi connectivity index (χ3n) is 2.40. The maximum Gasteiger partial charge on any atom is 0.326 e. The van der Waals surface area contributed by atoms with Crippen molar-refractivity contribution in [2.45, 2.75) is 19.4 Å². The van der Waals surface area contributed by atoms with Gasteiger partial charge >= 0.3 is 5.97 Å². The van der Waals surface area contributed by atoms with Crippen LogP contribution < -0.4 is 5.32 Å². The first kappa shape index (κ1) is 15.4. The van der Waals surface area contributed by atoms with Gasteiger partial charge in [0.2, 0.25) is 5.91 Å². The van der Waals surface area contributed by atoms with E-state index in [0.29, 0.717) is 4.47 Å². The summed E-state index contributed by atoms with van der Waals surface area (Å²) in [5.41, 5.74) is 0.243. The predicted molar refractivity (Wildman–Crippen MR) is 73.0 cm³/mol. The van der Waals surface area contributed by atoms with Gasteiger partial charge in [0, 0.05) is 16.1 Å². The zero-order valence-corrected chi connectivity index (χ0v) is 11.8. The topological polar surface area (TPSA) is 66.4 Å². The van der Waals surface area contributed by atoms with Gasteiger partial charge in [-0.25, -0.2) is 9.18 Å². The minimum Gasteiger partial charge on any atom is -0.480 e. The molecule has 0 aliphatic heterocycles. The third-order valence-corrected chi connectivity index (χ3v) is 2.89. The van der Waals surface area contributed by atoms with Crippen LogP contribution in [0, 0.1) is 5.82 Å². The molecular weight excluding hydrogens is 317 g/mol. The minimum atomic E-state index is -1.10. The summed E-state index contributed by atoms with van der Waals surface area (Å²) in [7, 11) is 0. The highest BCUT2D eigenvalue weighted by Crippen LogP contribution is 2.16. The van der Waals surface area contributed by atoms with Crippen LogP contribution in [-0.2, 0) is 9.59 Å². The van der Waals surface area contributed by atoms with Gasteiger partial charge in [0.25, 0.3) is 0 Å². The number of carbonyl (C=O) groups is 2. The van der Waals surface area contributed by atoms with E-state index < -0.39 is 23.7 Å². The Morgan fingerprint density at radius 1 is 1.53 bits per heavy atom. The molecule has 1 aromatic rings. The van der Waals surface area contributed by atoms with Crippen molar-refractivity contribution in [2.75, 3.05) is 0 Å². The normalized spacial score (nSPS) is 12.4. The van der Waals surface area contributed by atoms with E-state index in [1.54, 1.807) is 13.0 Å². The highest BCUT2D eigenvalue weighted by atomic mass is 79.9. The van der Waals surface area contributed by atoms with Crippen LogP contribution in [0.2, 0.25) is 0 Å². The molecule has 6 heteroatoms. The monoisotopic (exact) mass is 329 g/mol. The first-order valence-corrected chi connectivity index (χ1v) is 6.39. The summed E-state index contributed by atoms with van der Waals surface area (Å²) in [5, 5.41) is 11.1. The third kappa shape index (κ3) is 4.82. The Labute approximate surface area is 118 Å². The number of benzene rings is 1. The lowest BCUT2D eigenvalue weighted by Gasteiger charge is -2.09. The van der Waals surface area contributed by atoms with Crippen LogP contribution in [0.3, 0.4) is 0 Å². The molecule has 102 valence electrons. The van der Waals surface area contributed by atoms with Crippen LogP contribution in [0.25, 0.3) is 6.08 Å². The van der Waals surface area contributed by atoms with Crippen molar-refractivity contribution in [1.82, 2.24) is 5.32 Å². The van der Waals surface area contributed by atoms with Crippen molar-refractivity contribution in [1.29, 1.82) is 0 Å². The summed E-state index contributed by atoms with van der Waals surface area (Å²) in [5.74, 6) is -2.14. The maximum atomic E-state index is 13.4. The molecular formula is C13H13BrFNO3. The Balaban J connectivity index is 2.73. The second-order valence-electron chi connectivity index (χ2n) is 3.81. The fourth-order valence-electron chi connectivity index (χ4n) is 1.37. The van der Waals surface area contributed by atoms with Crippen molar-refractivity contribution in [3.8, 4) is 0 Å². The lowest BCUT2D eigenvalue weighted by Crippen LogP contribution is -2.39. The van der Waals surface area contributed by atoms with E-state index in [1.807, 2.05) is 0 Å². The molecule has 4 nitrogen and oxygen atoms in total. The smallest absolute Gasteiger partial charge is 0.326 e. The van der Waals surface area contributed by atoms with Gasteiger partial charge in [-0.3, -0.25) is 4.79 Å². The number of amides is 1. The van der Waals surface area contributed by atoms with E-state index in [2.05, 4.69) is 21.2 Å². The molecule has 1 amide bonds. The molecule has 1 atom stereocenters. The van der Waals surface area contributed by atoms with E-state index in [1.165, 1.54) is 18.2 Å². The summed E-state index contributed by atoms with van der Waals surface area (Å²) in [4.78, 5) is 22.2. The molecule has 2 N–H and O–H groups in total. The second-order valence-corrected chi connectivity index (χ2v) is 4.72. The van der Waals surface area contributed by atoms with Crippen molar-refractivity contribution in [3.63, 3.8) is 0 Å². The Morgan fingerprint density at radius 2 is 2.21 bits per heavy atom. The number of rotatable bonds is 5. The maximum absolute atomic E-state index is 13.4. The fourth-order valence-corrected chi connectivity index (χ4v) is 1.74. The number of halogens is 2. The molecule has 0 saturated heterocycles. The minimum absolute atomic E-state index is 0.243. The lowest BCUT2D eigenvalue weighted by molar-refractivity contribution is -0.141. The molecule has 0 unspecified atom stereocenters. The van der Waals surface area contributed by atoms with Gasteiger partial charge in [0.15, 0.2) is 0 Å². The average molecular weight is 330 g/mol. The molecule has 0 bridgehead atoms. The first-order chi connectivity index (χ1) is 8.93. The van der Waals surface area contributed by atoms with Crippen molar-refractivity contribution >= 4 is 33.9 Å². The van der Waals surface area contributed by atoms with Crippen molar-refractivity contribution in [2.24, 2.45) is 0 Å². The molecule has 1 aromatic carbocycles. The number of hydrogen-bond acceptors (Lipinski definition) is 2. The van der Waals surface area contributed by atoms with Crippen LogP contribution in [0.1, 0.15) is 18.9 Å². The van der Waals surface area contributed by atoms with E-state index in [0.717, 1.165) is 6.08 Å². The second kappa shape index (κ2) is 7.04. The van der Waals surface area contributed by atoms with Gasteiger partial charge in [-0.15, -0.1) is 0 Å². The van der Waals surface area contributed by atoms with E-state index in [9.17, 15) is 14.0 Å². The largest absolute Gasteiger partial charge is 0.480 e. The van der Waals surface area contributed by atoms with Gasteiger partial charge in [0.1, 0.15) is 11.9 Å². The van der Waals surface area contributed by atoms with Crippen LogP contribution in [0.5, 0.6) is 0 Å². The van der Waals surface area contributed by atoms with Gasteiger partial charge in [-0.1, -0.05) is 22.9 Å². The van der Waals surface area contributed by atoms with Crippen molar-refractivity contribution in [3.05, 3.63) is 40.1 Å². The summed E-state index contributed by atoms with van der Waals surface area (Å²) in [6.45, 7) is 1.65.